The van der Waals surface area contributed by atoms with Crippen molar-refractivity contribution in [2.45, 2.75) is 57.8 Å². The molecule has 13 rings (SSSR count). The smallest absolute Gasteiger partial charge is 0.333 e. The number of fused-ring (bicyclic) bond motifs is 9. The molecule has 0 spiro atoms. The standard InChI is InChI=1S/C57H45BN2S/c1-55(2,3)34-27-30-38(31-28-34)60-45-32-29-37(56(4,5)6)33-41(45)49-50-53-47(48-39-21-13-14-26-46(39)61-54(48)49)40-22-15-23-42-51(40)59(53)52-43(24-16-25-44(52)58(50)60)57(42,35-17-9-7-10-18-35)36-19-11-8-12-20-36/h7-33H,1-6H3. The predicted octanol–water partition coefficient (Wildman–Crippen LogP) is 13.7. The number of hydrogen-bond acceptors (Lipinski definition) is 2. The third-order valence-corrected chi connectivity index (χ3v) is 15.5. The van der Waals surface area contributed by atoms with Gasteiger partial charge in [0.1, 0.15) is 0 Å². The number of anilines is 2. The fraction of sp³-hybridized carbons (Fsp3) is 0.158. The van der Waals surface area contributed by atoms with Crippen LogP contribution in [-0.2, 0) is 16.2 Å². The quantitative estimate of drug-likeness (QED) is 0.162. The molecule has 3 aliphatic rings. The van der Waals surface area contributed by atoms with Crippen LogP contribution in [0.5, 0.6) is 0 Å². The molecule has 2 aromatic heterocycles. The van der Waals surface area contributed by atoms with Crippen LogP contribution >= 0.6 is 11.3 Å². The van der Waals surface area contributed by atoms with Crippen LogP contribution in [0.25, 0.3) is 58.8 Å². The lowest BCUT2D eigenvalue weighted by Crippen LogP contribution is -2.61. The predicted molar refractivity (Wildman–Crippen MR) is 262 cm³/mol. The van der Waals surface area contributed by atoms with Crippen LogP contribution < -0.4 is 15.7 Å². The van der Waals surface area contributed by atoms with E-state index < -0.39 is 5.41 Å². The van der Waals surface area contributed by atoms with Crippen LogP contribution in [0.15, 0.2) is 164 Å². The molecule has 8 aromatic carbocycles. The van der Waals surface area contributed by atoms with E-state index in [2.05, 4.69) is 215 Å². The van der Waals surface area contributed by atoms with Crippen molar-refractivity contribution in [1.82, 2.24) is 4.57 Å². The molecule has 0 unspecified atom stereocenters. The third-order valence-electron chi connectivity index (χ3n) is 14.3. The lowest BCUT2D eigenvalue weighted by Gasteiger charge is -2.47. The summed E-state index contributed by atoms with van der Waals surface area (Å²) in [6.07, 6.45) is 0. The highest BCUT2D eigenvalue weighted by Crippen LogP contribution is 2.58. The minimum absolute atomic E-state index is 0.0178. The third kappa shape index (κ3) is 4.43. The maximum absolute atomic E-state index is 2.73. The number of nitrogens with zero attached hydrogens (tertiary/aromatic N) is 2. The Labute approximate surface area is 361 Å². The molecule has 3 aliphatic heterocycles. The summed E-state index contributed by atoms with van der Waals surface area (Å²) in [7, 11) is 0. The monoisotopic (exact) mass is 800 g/mol. The fourth-order valence-corrected chi connectivity index (χ4v) is 12.9. The number of aromatic nitrogens is 1. The van der Waals surface area contributed by atoms with E-state index in [-0.39, 0.29) is 17.7 Å². The maximum Gasteiger partial charge on any atom is 0.333 e. The van der Waals surface area contributed by atoms with E-state index >= 15 is 0 Å². The fourth-order valence-electron chi connectivity index (χ4n) is 11.6. The molecule has 0 saturated heterocycles. The van der Waals surface area contributed by atoms with Gasteiger partial charge in [0, 0.05) is 59.1 Å². The van der Waals surface area contributed by atoms with Gasteiger partial charge in [0.2, 0.25) is 0 Å². The minimum Gasteiger partial charge on any atom is -0.376 e. The summed E-state index contributed by atoms with van der Waals surface area (Å²) < 4.78 is 5.46. The van der Waals surface area contributed by atoms with E-state index in [9.17, 15) is 0 Å². The summed E-state index contributed by atoms with van der Waals surface area (Å²) in [6.45, 7) is 13.9. The topological polar surface area (TPSA) is 8.17 Å². The van der Waals surface area contributed by atoms with Crippen molar-refractivity contribution in [3.05, 3.63) is 197 Å². The van der Waals surface area contributed by atoms with Crippen molar-refractivity contribution in [3.8, 4) is 16.8 Å². The number of rotatable bonds is 3. The van der Waals surface area contributed by atoms with E-state index in [1.165, 1.54) is 114 Å². The average molecular weight is 801 g/mol. The van der Waals surface area contributed by atoms with Gasteiger partial charge in [0.15, 0.2) is 0 Å². The van der Waals surface area contributed by atoms with Gasteiger partial charge in [0.05, 0.1) is 16.4 Å². The van der Waals surface area contributed by atoms with Crippen molar-refractivity contribution in [1.29, 1.82) is 0 Å². The second-order valence-electron chi connectivity index (χ2n) is 19.6. The van der Waals surface area contributed by atoms with Gasteiger partial charge in [-0.3, -0.25) is 0 Å². The molecule has 0 saturated carbocycles. The molecule has 10 aromatic rings. The van der Waals surface area contributed by atoms with E-state index in [4.69, 9.17) is 0 Å². The van der Waals surface area contributed by atoms with Gasteiger partial charge in [-0.25, -0.2) is 0 Å². The molecule has 61 heavy (non-hydrogen) atoms. The molecule has 0 radical (unpaired) electrons. The highest BCUT2D eigenvalue weighted by Gasteiger charge is 2.52. The van der Waals surface area contributed by atoms with Gasteiger partial charge in [-0.15, -0.1) is 11.3 Å². The van der Waals surface area contributed by atoms with E-state index in [1.807, 2.05) is 11.3 Å². The number of benzene rings is 8. The molecule has 292 valence electrons. The lowest BCUT2D eigenvalue weighted by molar-refractivity contribution is 0.590. The number of thiophene rings is 1. The van der Waals surface area contributed by atoms with Crippen LogP contribution in [0, 0.1) is 0 Å². The Morgan fingerprint density at radius 1 is 0.541 bits per heavy atom. The first-order valence-corrected chi connectivity index (χ1v) is 22.6. The Morgan fingerprint density at radius 3 is 1.87 bits per heavy atom. The summed E-state index contributed by atoms with van der Waals surface area (Å²) in [6, 6.07) is 63.0. The van der Waals surface area contributed by atoms with Crippen LogP contribution in [0.2, 0.25) is 0 Å². The van der Waals surface area contributed by atoms with Crippen molar-refractivity contribution < 1.29 is 0 Å². The van der Waals surface area contributed by atoms with Crippen molar-refractivity contribution >= 4 is 82.5 Å². The Morgan fingerprint density at radius 2 is 1.16 bits per heavy atom. The molecule has 0 atom stereocenters. The van der Waals surface area contributed by atoms with Crippen LogP contribution in [-0.4, -0.2) is 11.4 Å². The first kappa shape index (κ1) is 35.4. The Hall–Kier alpha value is -6.36. The Bertz CT molecular complexity index is 3450. The first-order valence-electron chi connectivity index (χ1n) is 21.8. The van der Waals surface area contributed by atoms with Gasteiger partial charge in [-0.05, 0) is 85.5 Å². The molecule has 0 N–H and O–H groups in total. The van der Waals surface area contributed by atoms with E-state index in [0.29, 0.717) is 0 Å². The van der Waals surface area contributed by atoms with Crippen LogP contribution in [0.4, 0.5) is 11.4 Å². The highest BCUT2D eigenvalue weighted by molar-refractivity contribution is 7.27. The molecular weight excluding hydrogens is 756 g/mol. The van der Waals surface area contributed by atoms with Gasteiger partial charge in [-0.1, -0.05) is 175 Å². The minimum atomic E-state index is -0.554. The lowest BCUT2D eigenvalue weighted by atomic mass is 9.43. The summed E-state index contributed by atoms with van der Waals surface area (Å²) in [5.41, 5.74) is 19.4. The van der Waals surface area contributed by atoms with Gasteiger partial charge in [0.25, 0.3) is 0 Å². The molecule has 0 aliphatic carbocycles. The summed E-state index contributed by atoms with van der Waals surface area (Å²) in [4.78, 5) is 2.70. The SMILES string of the molecule is CC(C)(C)c1ccc(N2B3c4cccc5c4-n4c6c(cccc6c6c7c(sc8ccccc87)c(c3c64)-c3cc(C(C)(C)C)ccc32)C5(c2ccccc2)c2ccccc2)cc1. The van der Waals surface area contributed by atoms with Gasteiger partial charge in [-0.2, -0.15) is 0 Å². The second kappa shape index (κ2) is 11.9. The van der Waals surface area contributed by atoms with Gasteiger partial charge >= 0.3 is 6.85 Å². The highest BCUT2D eigenvalue weighted by atomic mass is 32.1. The number of hydrogen-bond donors (Lipinski definition) is 0. The zero-order valence-corrected chi connectivity index (χ0v) is 36.3. The Balaban J connectivity index is 1.30. The zero-order valence-electron chi connectivity index (χ0n) is 35.5. The molecule has 0 bridgehead atoms. The van der Waals surface area contributed by atoms with Crippen molar-refractivity contribution in [2.24, 2.45) is 0 Å². The van der Waals surface area contributed by atoms with Crippen molar-refractivity contribution in [2.75, 3.05) is 4.81 Å². The Kier molecular flexibility index (Phi) is 6.92. The van der Waals surface area contributed by atoms with E-state index in [0.717, 1.165) is 0 Å². The van der Waals surface area contributed by atoms with Gasteiger partial charge < -0.3 is 9.38 Å². The van der Waals surface area contributed by atoms with Crippen LogP contribution in [0.1, 0.15) is 74.9 Å². The molecule has 4 heteroatoms. The molecule has 2 nitrogen and oxygen atoms in total. The second-order valence-corrected chi connectivity index (χ2v) is 20.7. The summed E-state index contributed by atoms with van der Waals surface area (Å²) in [5, 5.41) is 5.44. The normalized spacial score (nSPS) is 14.8. The largest absolute Gasteiger partial charge is 0.376 e. The molecule has 0 amide bonds. The summed E-state index contributed by atoms with van der Waals surface area (Å²) in [5.74, 6) is 0. The summed E-state index contributed by atoms with van der Waals surface area (Å²) >= 11 is 1.98. The average Bonchev–Trinajstić information content (AvgIpc) is 3.83. The maximum atomic E-state index is 2.73. The zero-order chi connectivity index (χ0) is 41.2. The molecular formula is C57H45BN2S. The first-order chi connectivity index (χ1) is 29.6. The number of para-hydroxylation sites is 2. The molecule has 5 heterocycles. The van der Waals surface area contributed by atoms with E-state index in [1.54, 1.807) is 0 Å². The van der Waals surface area contributed by atoms with Crippen molar-refractivity contribution in [3.63, 3.8) is 0 Å². The van der Waals surface area contributed by atoms with Crippen LogP contribution in [0.3, 0.4) is 0 Å². The molecule has 0 fully saturated rings.